The zero-order valence-electron chi connectivity index (χ0n) is 12.6. The van der Waals surface area contributed by atoms with Crippen molar-refractivity contribution in [3.8, 4) is 5.75 Å². The molecule has 0 bridgehead atoms. The summed E-state index contributed by atoms with van der Waals surface area (Å²) in [5.74, 6) is -0.446. The van der Waals surface area contributed by atoms with Gasteiger partial charge in [0, 0.05) is 5.69 Å². The zero-order chi connectivity index (χ0) is 17.7. The Bertz CT molecular complexity index is 742. The fourth-order valence-electron chi connectivity index (χ4n) is 1.90. The maximum Gasteiger partial charge on any atom is 0.387 e. The Balaban J connectivity index is 1.93. The van der Waals surface area contributed by atoms with E-state index in [-0.39, 0.29) is 23.2 Å². The summed E-state index contributed by atoms with van der Waals surface area (Å²) in [5.41, 5.74) is 1.98. The second-order valence-electron chi connectivity index (χ2n) is 4.91. The van der Waals surface area contributed by atoms with Crippen molar-refractivity contribution in [2.45, 2.75) is 13.5 Å². The molecule has 0 aliphatic carbocycles. The SMILES string of the molecule is Cc1ccc(NC(=O)CNc2ccc(OC(F)F)c(Cl)c2)c(Cl)c1. The molecule has 8 heteroatoms. The maximum absolute atomic E-state index is 12.2. The fraction of sp³-hybridized carbons (Fsp3) is 0.188. The van der Waals surface area contributed by atoms with Crippen LogP contribution in [0.5, 0.6) is 5.75 Å². The number of benzene rings is 2. The van der Waals surface area contributed by atoms with E-state index in [2.05, 4.69) is 15.4 Å². The van der Waals surface area contributed by atoms with Crippen LogP contribution in [0.25, 0.3) is 0 Å². The normalized spacial score (nSPS) is 10.6. The van der Waals surface area contributed by atoms with Gasteiger partial charge in [-0.3, -0.25) is 4.79 Å². The smallest absolute Gasteiger partial charge is 0.387 e. The van der Waals surface area contributed by atoms with Gasteiger partial charge < -0.3 is 15.4 Å². The molecule has 0 aromatic heterocycles. The van der Waals surface area contributed by atoms with Crippen LogP contribution in [0.15, 0.2) is 36.4 Å². The molecule has 0 fully saturated rings. The quantitative estimate of drug-likeness (QED) is 0.751. The first kappa shape index (κ1) is 18.3. The van der Waals surface area contributed by atoms with Crippen LogP contribution in [0.1, 0.15) is 5.56 Å². The van der Waals surface area contributed by atoms with Crippen LogP contribution >= 0.6 is 23.2 Å². The standard InChI is InChI=1S/C16H14Cl2F2N2O2/c1-9-2-4-13(11(17)6-9)22-15(23)8-21-10-3-5-14(12(18)7-10)24-16(19)20/h2-7,16,21H,8H2,1H3,(H,22,23). The molecule has 0 atom stereocenters. The molecule has 0 aliphatic rings. The molecule has 0 saturated heterocycles. The van der Waals surface area contributed by atoms with Gasteiger partial charge in [0.2, 0.25) is 5.91 Å². The minimum atomic E-state index is -2.95. The Labute approximate surface area is 147 Å². The largest absolute Gasteiger partial charge is 0.433 e. The highest BCUT2D eigenvalue weighted by Crippen LogP contribution is 2.29. The average Bonchev–Trinajstić information content (AvgIpc) is 2.50. The van der Waals surface area contributed by atoms with Crippen molar-refractivity contribution in [1.29, 1.82) is 0 Å². The number of carbonyl (C=O) groups excluding carboxylic acids is 1. The topological polar surface area (TPSA) is 50.4 Å². The number of hydrogen-bond donors (Lipinski definition) is 2. The van der Waals surface area contributed by atoms with E-state index >= 15 is 0 Å². The first-order chi connectivity index (χ1) is 11.3. The summed E-state index contributed by atoms with van der Waals surface area (Å²) in [6, 6.07) is 9.46. The molecule has 1 amide bonds. The Morgan fingerprint density at radius 2 is 1.92 bits per heavy atom. The molecule has 2 aromatic rings. The highest BCUT2D eigenvalue weighted by molar-refractivity contribution is 6.33. The lowest BCUT2D eigenvalue weighted by Crippen LogP contribution is -2.21. The minimum Gasteiger partial charge on any atom is -0.433 e. The summed E-state index contributed by atoms with van der Waals surface area (Å²) in [4.78, 5) is 11.9. The Morgan fingerprint density at radius 1 is 1.17 bits per heavy atom. The summed E-state index contributed by atoms with van der Waals surface area (Å²) in [5, 5.41) is 5.96. The van der Waals surface area contributed by atoms with Gasteiger partial charge in [0.05, 0.1) is 22.3 Å². The van der Waals surface area contributed by atoms with Crippen LogP contribution in [-0.2, 0) is 4.79 Å². The van der Waals surface area contributed by atoms with Crippen LogP contribution in [0, 0.1) is 6.92 Å². The zero-order valence-corrected chi connectivity index (χ0v) is 14.1. The molecule has 4 nitrogen and oxygen atoms in total. The lowest BCUT2D eigenvalue weighted by atomic mass is 10.2. The molecule has 2 rings (SSSR count). The molecule has 0 heterocycles. The van der Waals surface area contributed by atoms with Crippen LogP contribution < -0.4 is 15.4 Å². The summed E-state index contributed by atoms with van der Waals surface area (Å²) >= 11 is 11.9. The van der Waals surface area contributed by atoms with Gasteiger partial charge in [-0.05, 0) is 42.8 Å². The number of amides is 1. The number of nitrogens with one attached hydrogen (secondary N) is 2. The van der Waals surface area contributed by atoms with Crippen molar-refractivity contribution in [2.24, 2.45) is 0 Å². The van der Waals surface area contributed by atoms with E-state index in [0.717, 1.165) is 5.56 Å². The van der Waals surface area contributed by atoms with E-state index in [1.165, 1.54) is 18.2 Å². The van der Waals surface area contributed by atoms with E-state index in [1.54, 1.807) is 12.1 Å². The lowest BCUT2D eigenvalue weighted by molar-refractivity contribution is -0.114. The molecule has 128 valence electrons. The Morgan fingerprint density at radius 3 is 2.54 bits per heavy atom. The van der Waals surface area contributed by atoms with E-state index < -0.39 is 6.61 Å². The van der Waals surface area contributed by atoms with Crippen molar-refractivity contribution < 1.29 is 18.3 Å². The van der Waals surface area contributed by atoms with Crippen molar-refractivity contribution in [3.63, 3.8) is 0 Å². The summed E-state index contributed by atoms with van der Waals surface area (Å²) in [7, 11) is 0. The number of ether oxygens (including phenoxy) is 1. The maximum atomic E-state index is 12.2. The highest BCUT2D eigenvalue weighted by Gasteiger charge is 2.10. The first-order valence-corrected chi connectivity index (χ1v) is 7.65. The van der Waals surface area contributed by atoms with E-state index in [0.29, 0.717) is 16.4 Å². The number of aryl methyl sites for hydroxylation is 1. The monoisotopic (exact) mass is 374 g/mol. The molecule has 0 unspecified atom stereocenters. The minimum absolute atomic E-state index is 0.0160. The van der Waals surface area contributed by atoms with Crippen molar-refractivity contribution >= 4 is 40.5 Å². The molecular formula is C16H14Cl2F2N2O2. The van der Waals surface area contributed by atoms with Gasteiger partial charge in [0.15, 0.2) is 0 Å². The Kier molecular flexibility index (Phi) is 6.23. The number of anilines is 2. The van der Waals surface area contributed by atoms with Crippen molar-refractivity contribution in [1.82, 2.24) is 0 Å². The predicted molar refractivity (Wildman–Crippen MR) is 91.4 cm³/mol. The van der Waals surface area contributed by atoms with Gasteiger partial charge in [0.25, 0.3) is 0 Å². The summed E-state index contributed by atoms with van der Waals surface area (Å²) in [6.45, 7) is -1.11. The van der Waals surface area contributed by atoms with E-state index in [4.69, 9.17) is 23.2 Å². The van der Waals surface area contributed by atoms with Crippen LogP contribution in [0.4, 0.5) is 20.2 Å². The number of hydrogen-bond acceptors (Lipinski definition) is 3. The first-order valence-electron chi connectivity index (χ1n) is 6.89. The molecule has 2 N–H and O–H groups in total. The number of rotatable bonds is 6. The van der Waals surface area contributed by atoms with Gasteiger partial charge in [-0.1, -0.05) is 29.3 Å². The highest BCUT2D eigenvalue weighted by atomic mass is 35.5. The van der Waals surface area contributed by atoms with E-state index in [9.17, 15) is 13.6 Å². The molecular weight excluding hydrogens is 361 g/mol. The van der Waals surface area contributed by atoms with Crippen LogP contribution in [0.2, 0.25) is 10.0 Å². The molecule has 0 saturated carbocycles. The van der Waals surface area contributed by atoms with Crippen LogP contribution in [-0.4, -0.2) is 19.1 Å². The third-order valence-corrected chi connectivity index (χ3v) is 3.61. The van der Waals surface area contributed by atoms with E-state index in [1.807, 2.05) is 13.0 Å². The molecule has 2 aromatic carbocycles. The third kappa shape index (κ3) is 5.25. The van der Waals surface area contributed by atoms with Gasteiger partial charge in [-0.2, -0.15) is 8.78 Å². The second kappa shape index (κ2) is 8.17. The molecule has 0 aliphatic heterocycles. The number of halogens is 4. The molecule has 24 heavy (non-hydrogen) atoms. The Hall–Kier alpha value is -2.05. The predicted octanol–water partition coefficient (Wildman–Crippen LogP) is 4.95. The summed E-state index contributed by atoms with van der Waals surface area (Å²) < 4.78 is 28.6. The fourth-order valence-corrected chi connectivity index (χ4v) is 2.41. The number of alkyl halides is 2. The summed E-state index contributed by atoms with van der Waals surface area (Å²) in [6.07, 6.45) is 0. The van der Waals surface area contributed by atoms with Crippen LogP contribution in [0.3, 0.4) is 0 Å². The molecule has 0 radical (unpaired) electrons. The van der Waals surface area contributed by atoms with Gasteiger partial charge in [-0.15, -0.1) is 0 Å². The second-order valence-corrected chi connectivity index (χ2v) is 5.72. The third-order valence-electron chi connectivity index (χ3n) is 3.00. The molecule has 0 spiro atoms. The van der Waals surface area contributed by atoms with Gasteiger partial charge >= 0.3 is 6.61 Å². The van der Waals surface area contributed by atoms with Gasteiger partial charge in [-0.25, -0.2) is 0 Å². The van der Waals surface area contributed by atoms with Crippen molar-refractivity contribution in [3.05, 3.63) is 52.0 Å². The van der Waals surface area contributed by atoms with Crippen molar-refractivity contribution in [2.75, 3.05) is 17.2 Å². The number of carbonyl (C=O) groups is 1. The average molecular weight is 375 g/mol. The van der Waals surface area contributed by atoms with Gasteiger partial charge in [0.1, 0.15) is 5.75 Å². The lowest BCUT2D eigenvalue weighted by Gasteiger charge is -2.11.